The van der Waals surface area contributed by atoms with Crippen molar-refractivity contribution in [3.05, 3.63) is 70.7 Å². The Morgan fingerprint density at radius 2 is 1.80 bits per heavy atom. The second-order valence-electron chi connectivity index (χ2n) is 9.72. The van der Waals surface area contributed by atoms with Crippen LogP contribution in [0.25, 0.3) is 22.3 Å². The number of hydrogen-bond donors (Lipinski definition) is 1. The average molecular weight is 576 g/mol. The van der Waals surface area contributed by atoms with Gasteiger partial charge in [0.1, 0.15) is 47.5 Å². The predicted molar refractivity (Wildman–Crippen MR) is 155 cm³/mol. The summed E-state index contributed by atoms with van der Waals surface area (Å²) in [5.41, 5.74) is 8.53. The lowest BCUT2D eigenvalue weighted by molar-refractivity contribution is 0.0368. The molecule has 0 unspecified atom stereocenters. The maximum absolute atomic E-state index is 14.3. The number of nitrogens with two attached hydrogens (primary N) is 1. The molecule has 1 saturated heterocycles. The number of ether oxygens (including phenoxy) is 3. The SMILES string of the molecule is Cc1ncc(COc2cc(F)cc(Oc3ccc(-c4nn(CCCN5CCOCC5)c5ncnc(N)c45)cc3)c2)s1. The Labute approximate surface area is 240 Å². The maximum Gasteiger partial charge on any atom is 0.163 e. The molecule has 0 aliphatic carbocycles. The van der Waals surface area contributed by atoms with E-state index in [4.69, 9.17) is 25.0 Å². The lowest BCUT2D eigenvalue weighted by Crippen LogP contribution is -2.37. The van der Waals surface area contributed by atoms with Gasteiger partial charge in [0.25, 0.3) is 0 Å². The van der Waals surface area contributed by atoms with E-state index in [9.17, 15) is 4.39 Å². The van der Waals surface area contributed by atoms with Crippen molar-refractivity contribution in [2.45, 2.75) is 26.5 Å². The van der Waals surface area contributed by atoms with E-state index in [1.807, 2.05) is 35.9 Å². The van der Waals surface area contributed by atoms with E-state index in [0.717, 1.165) is 60.1 Å². The van der Waals surface area contributed by atoms with Crippen LogP contribution in [0.5, 0.6) is 17.2 Å². The third-order valence-electron chi connectivity index (χ3n) is 6.77. The van der Waals surface area contributed by atoms with Gasteiger partial charge in [-0.3, -0.25) is 4.90 Å². The molecule has 5 aromatic rings. The van der Waals surface area contributed by atoms with E-state index >= 15 is 0 Å². The molecule has 2 aromatic carbocycles. The van der Waals surface area contributed by atoms with E-state index in [2.05, 4.69) is 19.9 Å². The summed E-state index contributed by atoms with van der Waals surface area (Å²) >= 11 is 1.54. The van der Waals surface area contributed by atoms with Crippen LogP contribution in [0, 0.1) is 12.7 Å². The van der Waals surface area contributed by atoms with Crippen LogP contribution in [-0.2, 0) is 17.9 Å². The minimum absolute atomic E-state index is 0.309. The Balaban J connectivity index is 1.17. The fourth-order valence-corrected chi connectivity index (χ4v) is 5.49. The van der Waals surface area contributed by atoms with Gasteiger partial charge in [0.2, 0.25) is 0 Å². The van der Waals surface area contributed by atoms with Crippen LogP contribution in [-0.4, -0.2) is 62.5 Å². The zero-order valence-electron chi connectivity index (χ0n) is 22.6. The van der Waals surface area contributed by atoms with Gasteiger partial charge in [-0.15, -0.1) is 11.3 Å². The molecule has 0 spiro atoms. The van der Waals surface area contributed by atoms with Crippen molar-refractivity contribution >= 4 is 28.2 Å². The molecule has 0 radical (unpaired) electrons. The summed E-state index contributed by atoms with van der Waals surface area (Å²) in [6.07, 6.45) is 4.15. The van der Waals surface area contributed by atoms with Gasteiger partial charge in [0, 0.05) is 56.1 Å². The highest BCUT2D eigenvalue weighted by atomic mass is 32.1. The minimum Gasteiger partial charge on any atom is -0.488 e. The number of nitrogen functional groups attached to an aromatic ring is 1. The molecular weight excluding hydrogens is 545 g/mol. The molecule has 3 aromatic heterocycles. The number of anilines is 1. The van der Waals surface area contributed by atoms with Crippen LogP contribution in [0.3, 0.4) is 0 Å². The summed E-state index contributed by atoms with van der Waals surface area (Å²) in [7, 11) is 0. The topological polar surface area (TPSA) is 113 Å². The largest absolute Gasteiger partial charge is 0.488 e. The van der Waals surface area contributed by atoms with Crippen molar-refractivity contribution in [3.63, 3.8) is 0 Å². The van der Waals surface area contributed by atoms with E-state index in [-0.39, 0.29) is 0 Å². The zero-order chi connectivity index (χ0) is 28.2. The molecule has 10 nitrogen and oxygen atoms in total. The lowest BCUT2D eigenvalue weighted by Gasteiger charge is -2.26. The molecule has 0 amide bonds. The molecule has 4 heterocycles. The number of aryl methyl sites for hydroxylation is 2. The first-order valence-electron chi connectivity index (χ1n) is 13.4. The zero-order valence-corrected chi connectivity index (χ0v) is 23.4. The summed E-state index contributed by atoms with van der Waals surface area (Å²) < 4.78 is 33.4. The predicted octanol–water partition coefficient (Wildman–Crippen LogP) is 5.07. The molecule has 1 aliphatic rings. The van der Waals surface area contributed by atoms with Gasteiger partial charge in [0.05, 0.1) is 28.5 Å². The van der Waals surface area contributed by atoms with Crippen molar-refractivity contribution in [1.82, 2.24) is 29.6 Å². The molecule has 0 bridgehead atoms. The van der Waals surface area contributed by atoms with Crippen LogP contribution in [0.15, 0.2) is 55.0 Å². The monoisotopic (exact) mass is 575 g/mol. The number of aromatic nitrogens is 5. The Hall–Kier alpha value is -4.13. The molecule has 2 N–H and O–H groups in total. The second-order valence-corrected chi connectivity index (χ2v) is 11.0. The first-order valence-corrected chi connectivity index (χ1v) is 14.2. The number of morpholine rings is 1. The van der Waals surface area contributed by atoms with Crippen LogP contribution < -0.4 is 15.2 Å². The molecule has 41 heavy (non-hydrogen) atoms. The van der Waals surface area contributed by atoms with Crippen LogP contribution in [0.4, 0.5) is 10.2 Å². The maximum atomic E-state index is 14.3. The number of fused-ring (bicyclic) bond motifs is 1. The number of thiazole rings is 1. The third kappa shape index (κ3) is 6.45. The number of hydrogen-bond acceptors (Lipinski definition) is 10. The lowest BCUT2D eigenvalue weighted by atomic mass is 10.1. The highest BCUT2D eigenvalue weighted by Gasteiger charge is 2.18. The van der Waals surface area contributed by atoms with Gasteiger partial charge >= 0.3 is 0 Å². The Bertz CT molecular complexity index is 1630. The third-order valence-corrected chi connectivity index (χ3v) is 7.65. The summed E-state index contributed by atoms with van der Waals surface area (Å²) in [5, 5.41) is 6.54. The van der Waals surface area contributed by atoms with E-state index in [0.29, 0.717) is 47.6 Å². The quantitative estimate of drug-likeness (QED) is 0.244. The van der Waals surface area contributed by atoms with Crippen LogP contribution in [0.1, 0.15) is 16.3 Å². The normalized spacial score (nSPS) is 14.0. The number of nitrogens with zero attached hydrogens (tertiary/aromatic N) is 6. The molecule has 212 valence electrons. The Morgan fingerprint density at radius 3 is 2.59 bits per heavy atom. The van der Waals surface area contributed by atoms with E-state index in [1.54, 1.807) is 23.6 Å². The summed E-state index contributed by atoms with van der Waals surface area (Å²) in [6.45, 7) is 7.36. The molecular formula is C29H30FN7O3S. The number of rotatable bonds is 10. The molecule has 12 heteroatoms. The van der Waals surface area contributed by atoms with Gasteiger partial charge in [-0.05, 0) is 37.6 Å². The molecule has 0 saturated carbocycles. The number of halogens is 1. The highest BCUT2D eigenvalue weighted by Crippen LogP contribution is 2.33. The second kappa shape index (κ2) is 12.2. The Morgan fingerprint density at radius 1 is 1.00 bits per heavy atom. The fraction of sp³-hybridized carbons (Fsp3) is 0.310. The van der Waals surface area contributed by atoms with Crippen molar-refractivity contribution in [1.29, 1.82) is 0 Å². The average Bonchev–Trinajstić information content (AvgIpc) is 3.57. The van der Waals surface area contributed by atoms with Crippen LogP contribution in [0.2, 0.25) is 0 Å². The van der Waals surface area contributed by atoms with Crippen molar-refractivity contribution < 1.29 is 18.6 Å². The van der Waals surface area contributed by atoms with Gasteiger partial charge < -0.3 is 19.9 Å². The van der Waals surface area contributed by atoms with E-state index < -0.39 is 5.82 Å². The smallest absolute Gasteiger partial charge is 0.163 e. The summed E-state index contributed by atoms with van der Waals surface area (Å²) in [5.74, 6) is 1.19. The molecule has 0 atom stereocenters. The van der Waals surface area contributed by atoms with E-state index in [1.165, 1.54) is 18.5 Å². The molecule has 1 fully saturated rings. The number of benzene rings is 2. The standard InChI is InChI=1S/C29H30FN7O3S/c1-19-32-16-25(41-19)17-39-23-13-21(30)14-24(15-23)40-22-5-3-20(4-6-22)27-26-28(31)33-18-34-29(26)37(35-27)8-2-7-36-9-11-38-12-10-36/h3-6,13-16,18H,2,7-12,17H2,1H3,(H2,31,33,34). The molecule has 6 rings (SSSR count). The van der Waals surface area contributed by atoms with Crippen LogP contribution >= 0.6 is 11.3 Å². The minimum atomic E-state index is -0.448. The Kier molecular flexibility index (Phi) is 8.03. The molecule has 1 aliphatic heterocycles. The first kappa shape index (κ1) is 27.1. The van der Waals surface area contributed by atoms with Gasteiger partial charge in [-0.25, -0.2) is 24.0 Å². The van der Waals surface area contributed by atoms with Crippen molar-refractivity contribution in [2.24, 2.45) is 0 Å². The van der Waals surface area contributed by atoms with Gasteiger partial charge in [-0.2, -0.15) is 5.10 Å². The fourth-order valence-electron chi connectivity index (χ4n) is 4.78. The summed E-state index contributed by atoms with van der Waals surface area (Å²) in [4.78, 5) is 16.3. The van der Waals surface area contributed by atoms with Crippen molar-refractivity contribution in [3.8, 4) is 28.5 Å². The summed E-state index contributed by atoms with van der Waals surface area (Å²) in [6, 6.07) is 11.7. The first-order chi connectivity index (χ1) is 20.0. The van der Waals surface area contributed by atoms with Crippen molar-refractivity contribution in [2.75, 3.05) is 38.6 Å². The van der Waals surface area contributed by atoms with Gasteiger partial charge in [-0.1, -0.05) is 0 Å². The highest BCUT2D eigenvalue weighted by molar-refractivity contribution is 7.11. The van der Waals surface area contributed by atoms with Gasteiger partial charge in [0.15, 0.2) is 5.65 Å².